The molecule has 0 aliphatic carbocycles. The molecule has 0 saturated carbocycles. The van der Waals surface area contributed by atoms with Crippen LogP contribution >= 0.6 is 0 Å². The number of nitrogens with two attached hydrogens (primary N) is 1. The first-order chi connectivity index (χ1) is 17.4. The first-order valence-corrected chi connectivity index (χ1v) is 11.1. The fourth-order valence-electron chi connectivity index (χ4n) is 3.89. The number of para-hydroxylation sites is 1. The van der Waals surface area contributed by atoms with Crippen LogP contribution in [-0.4, -0.2) is 53.3 Å². The Morgan fingerprint density at radius 3 is 2.16 bits per heavy atom. The minimum absolute atomic E-state index is 0.0967. The number of primary amides is 1. The molecule has 1 aliphatic heterocycles. The summed E-state index contributed by atoms with van der Waals surface area (Å²) in [5.74, 6) is -0.917. The van der Waals surface area contributed by atoms with Crippen LogP contribution in [0.25, 0.3) is 11.3 Å². The van der Waals surface area contributed by atoms with Gasteiger partial charge < -0.3 is 15.4 Å². The third kappa shape index (κ3) is 6.67. The van der Waals surface area contributed by atoms with Crippen LogP contribution in [0.4, 0.5) is 32.3 Å². The zero-order valence-electron chi connectivity index (χ0n) is 19.2. The number of carbonyl (C=O) groups is 1. The van der Waals surface area contributed by atoms with Gasteiger partial charge in [0.15, 0.2) is 0 Å². The van der Waals surface area contributed by atoms with Crippen molar-refractivity contribution in [3.63, 3.8) is 0 Å². The van der Waals surface area contributed by atoms with Crippen molar-refractivity contribution in [2.45, 2.75) is 19.1 Å². The molecule has 1 fully saturated rings. The van der Waals surface area contributed by atoms with Crippen molar-refractivity contribution < 1.29 is 35.9 Å². The number of ether oxygens (including phenoxy) is 1. The van der Waals surface area contributed by atoms with E-state index in [0.717, 1.165) is 12.1 Å². The summed E-state index contributed by atoms with van der Waals surface area (Å²) in [6.45, 7) is 1.88. The molecule has 0 atom stereocenters. The Morgan fingerprint density at radius 2 is 1.57 bits per heavy atom. The first kappa shape index (κ1) is 26.2. The van der Waals surface area contributed by atoms with Crippen molar-refractivity contribution in [2.24, 2.45) is 5.73 Å². The summed E-state index contributed by atoms with van der Waals surface area (Å²) in [5.41, 5.74) is 5.45. The number of amides is 1. The van der Waals surface area contributed by atoms with Gasteiger partial charge in [-0.2, -0.15) is 13.2 Å². The molecule has 7 nitrogen and oxygen atoms in total. The zero-order chi connectivity index (χ0) is 26.8. The SMILES string of the molecule is NC(=O)c1cc(-c2ccc(C(F)(F)F)cc2)nc(N2CCN(Cc3ccccc3OC(F)(F)F)CC2)n1. The largest absolute Gasteiger partial charge is 0.573 e. The van der Waals surface area contributed by atoms with Gasteiger partial charge in [0, 0.05) is 43.9 Å². The zero-order valence-corrected chi connectivity index (χ0v) is 19.2. The average Bonchev–Trinajstić information content (AvgIpc) is 2.84. The van der Waals surface area contributed by atoms with Crippen LogP contribution in [-0.2, 0) is 12.7 Å². The van der Waals surface area contributed by atoms with Gasteiger partial charge in [-0.15, -0.1) is 13.2 Å². The van der Waals surface area contributed by atoms with E-state index in [1.165, 1.54) is 30.3 Å². The lowest BCUT2D eigenvalue weighted by molar-refractivity contribution is -0.275. The molecular weight excluding hydrogens is 504 g/mol. The number of piperazine rings is 1. The molecule has 13 heteroatoms. The molecule has 4 rings (SSSR count). The maximum Gasteiger partial charge on any atom is 0.573 e. The predicted molar refractivity (Wildman–Crippen MR) is 122 cm³/mol. The quantitative estimate of drug-likeness (QED) is 0.478. The Hall–Kier alpha value is -3.87. The molecule has 0 unspecified atom stereocenters. The van der Waals surface area contributed by atoms with E-state index in [9.17, 15) is 31.1 Å². The number of alkyl halides is 6. The lowest BCUT2D eigenvalue weighted by Crippen LogP contribution is -2.46. The van der Waals surface area contributed by atoms with Gasteiger partial charge in [-0.3, -0.25) is 9.69 Å². The van der Waals surface area contributed by atoms with E-state index >= 15 is 0 Å². The second-order valence-electron chi connectivity index (χ2n) is 8.30. The number of hydrogen-bond acceptors (Lipinski definition) is 6. The number of hydrogen-bond donors (Lipinski definition) is 1. The number of carbonyl (C=O) groups excluding carboxylic acids is 1. The minimum atomic E-state index is -4.80. The molecule has 2 aromatic carbocycles. The van der Waals surface area contributed by atoms with Crippen molar-refractivity contribution in [1.29, 1.82) is 0 Å². The van der Waals surface area contributed by atoms with Gasteiger partial charge in [-0.1, -0.05) is 30.3 Å². The molecule has 1 amide bonds. The summed E-state index contributed by atoms with van der Waals surface area (Å²) in [6, 6.07) is 11.5. The van der Waals surface area contributed by atoms with Crippen LogP contribution in [0.3, 0.4) is 0 Å². The maximum atomic E-state index is 12.9. The van der Waals surface area contributed by atoms with Gasteiger partial charge in [-0.25, -0.2) is 9.97 Å². The standard InChI is InChI=1S/C24H21F6N5O2/c25-23(26,27)17-7-5-15(6-8-17)18-13-19(21(31)36)33-22(32-18)35-11-9-34(10-12-35)14-16-3-1-2-4-20(16)37-24(28,29)30/h1-8,13H,9-12,14H2,(H2,31,36). The summed E-state index contributed by atoms with van der Waals surface area (Å²) in [4.78, 5) is 24.2. The summed E-state index contributed by atoms with van der Waals surface area (Å²) in [5, 5.41) is 0. The van der Waals surface area contributed by atoms with E-state index in [2.05, 4.69) is 14.7 Å². The van der Waals surface area contributed by atoms with Gasteiger partial charge in [-0.05, 0) is 24.3 Å². The van der Waals surface area contributed by atoms with Gasteiger partial charge in [0.25, 0.3) is 5.91 Å². The summed E-state index contributed by atoms with van der Waals surface area (Å²) >= 11 is 0. The lowest BCUT2D eigenvalue weighted by atomic mass is 10.1. The fourth-order valence-corrected chi connectivity index (χ4v) is 3.89. The molecule has 0 bridgehead atoms. The van der Waals surface area contributed by atoms with Crippen LogP contribution in [0.1, 0.15) is 21.6 Å². The van der Waals surface area contributed by atoms with E-state index in [0.29, 0.717) is 37.3 Å². The molecule has 1 aliphatic rings. The highest BCUT2D eigenvalue weighted by atomic mass is 19.4. The van der Waals surface area contributed by atoms with Gasteiger partial charge in [0.1, 0.15) is 11.4 Å². The Balaban J connectivity index is 1.50. The molecule has 1 aromatic heterocycles. The molecule has 0 radical (unpaired) electrons. The molecule has 1 saturated heterocycles. The Kier molecular flexibility index (Phi) is 7.25. The predicted octanol–water partition coefficient (Wildman–Crippen LogP) is 4.48. The van der Waals surface area contributed by atoms with Crippen molar-refractivity contribution in [3.05, 3.63) is 71.4 Å². The van der Waals surface area contributed by atoms with Crippen molar-refractivity contribution in [2.75, 3.05) is 31.1 Å². The third-order valence-electron chi connectivity index (χ3n) is 5.72. The summed E-state index contributed by atoms with van der Waals surface area (Å²) in [6.07, 6.45) is -9.30. The van der Waals surface area contributed by atoms with Crippen LogP contribution in [0, 0.1) is 0 Å². The number of rotatable bonds is 6. The summed E-state index contributed by atoms with van der Waals surface area (Å²) < 4.78 is 81.0. The molecule has 2 heterocycles. The normalized spacial score (nSPS) is 15.0. The van der Waals surface area contributed by atoms with Gasteiger partial charge >= 0.3 is 12.5 Å². The van der Waals surface area contributed by atoms with Gasteiger partial charge in [0.05, 0.1) is 11.3 Å². The average molecular weight is 525 g/mol. The second-order valence-corrected chi connectivity index (χ2v) is 8.30. The number of aromatic nitrogens is 2. The van der Waals surface area contributed by atoms with Gasteiger partial charge in [0.2, 0.25) is 5.95 Å². The molecule has 196 valence electrons. The highest BCUT2D eigenvalue weighted by Gasteiger charge is 2.32. The minimum Gasteiger partial charge on any atom is -0.405 e. The molecule has 37 heavy (non-hydrogen) atoms. The number of benzene rings is 2. The highest BCUT2D eigenvalue weighted by molar-refractivity contribution is 5.92. The number of halogens is 6. The molecule has 3 aromatic rings. The smallest absolute Gasteiger partial charge is 0.405 e. The lowest BCUT2D eigenvalue weighted by Gasteiger charge is -2.35. The van der Waals surface area contributed by atoms with E-state index in [1.54, 1.807) is 17.0 Å². The van der Waals surface area contributed by atoms with E-state index in [4.69, 9.17) is 5.73 Å². The maximum absolute atomic E-state index is 12.9. The Morgan fingerprint density at radius 1 is 0.919 bits per heavy atom. The van der Waals surface area contributed by atoms with E-state index in [-0.39, 0.29) is 29.6 Å². The Bertz CT molecular complexity index is 1260. The highest BCUT2D eigenvalue weighted by Crippen LogP contribution is 2.31. The molecule has 0 spiro atoms. The van der Waals surface area contributed by atoms with Crippen LogP contribution in [0.5, 0.6) is 5.75 Å². The van der Waals surface area contributed by atoms with E-state index < -0.39 is 24.0 Å². The first-order valence-electron chi connectivity index (χ1n) is 11.1. The number of anilines is 1. The monoisotopic (exact) mass is 525 g/mol. The molecule has 2 N–H and O–H groups in total. The van der Waals surface area contributed by atoms with Crippen LogP contribution < -0.4 is 15.4 Å². The third-order valence-corrected chi connectivity index (χ3v) is 5.72. The van der Waals surface area contributed by atoms with Crippen LogP contribution in [0.15, 0.2) is 54.6 Å². The molecular formula is C24H21F6N5O2. The summed E-state index contributed by atoms with van der Waals surface area (Å²) in [7, 11) is 0. The van der Waals surface area contributed by atoms with Crippen LogP contribution in [0.2, 0.25) is 0 Å². The Labute approximate surface area is 207 Å². The fraction of sp³-hybridized carbons (Fsp3) is 0.292. The van der Waals surface area contributed by atoms with Crippen molar-refractivity contribution in [3.8, 4) is 17.0 Å². The van der Waals surface area contributed by atoms with Crippen molar-refractivity contribution in [1.82, 2.24) is 14.9 Å². The van der Waals surface area contributed by atoms with Crippen molar-refractivity contribution >= 4 is 11.9 Å². The van der Waals surface area contributed by atoms with E-state index in [1.807, 2.05) is 4.90 Å². The second kappa shape index (κ2) is 10.2. The number of nitrogens with zero attached hydrogens (tertiary/aromatic N) is 4. The topological polar surface area (TPSA) is 84.6 Å².